The minimum Gasteiger partial charge on any atom is -0.508 e. The molecule has 2 N–H and O–H groups in total. The van der Waals surface area contributed by atoms with Crippen molar-refractivity contribution in [3.05, 3.63) is 29.6 Å². The second-order valence-corrected chi connectivity index (χ2v) is 5.70. The third kappa shape index (κ3) is 3.49. The van der Waals surface area contributed by atoms with E-state index < -0.39 is 0 Å². The molecule has 4 heteroatoms. The van der Waals surface area contributed by atoms with Crippen LogP contribution in [0.25, 0.3) is 0 Å². The summed E-state index contributed by atoms with van der Waals surface area (Å²) in [5, 5.41) is 13.5. The van der Waals surface area contributed by atoms with Crippen LogP contribution in [0.2, 0.25) is 0 Å². The molecule has 2 rings (SSSR count). The molecule has 2 atom stereocenters. The van der Waals surface area contributed by atoms with Crippen LogP contribution in [0.3, 0.4) is 0 Å². The van der Waals surface area contributed by atoms with Crippen molar-refractivity contribution in [3.8, 4) is 5.75 Å². The van der Waals surface area contributed by atoms with Crippen molar-refractivity contribution in [2.24, 2.45) is 5.92 Å². The van der Waals surface area contributed by atoms with E-state index in [2.05, 4.69) is 24.1 Å². The number of phenols is 1. The maximum Gasteiger partial charge on any atom is 0.123 e. The van der Waals surface area contributed by atoms with Crippen LogP contribution in [0.4, 0.5) is 4.39 Å². The second kappa shape index (κ2) is 7.04. The van der Waals surface area contributed by atoms with Crippen molar-refractivity contribution in [1.82, 2.24) is 10.2 Å². The molecule has 3 nitrogen and oxygen atoms in total. The molecular formula is C16H25FN2O. The first kappa shape index (κ1) is 15.3. The SMILES string of the molecule is CCCC(C)[C@H](c1cc(F)ccc1O)N1CCNCC1. The quantitative estimate of drug-likeness (QED) is 0.870. The second-order valence-electron chi connectivity index (χ2n) is 5.70. The van der Waals surface area contributed by atoms with Crippen LogP contribution in [-0.4, -0.2) is 36.2 Å². The smallest absolute Gasteiger partial charge is 0.123 e. The fourth-order valence-corrected chi connectivity index (χ4v) is 3.20. The number of piperazine rings is 1. The lowest BCUT2D eigenvalue weighted by Crippen LogP contribution is -2.46. The van der Waals surface area contributed by atoms with Gasteiger partial charge >= 0.3 is 0 Å². The van der Waals surface area contributed by atoms with E-state index in [4.69, 9.17) is 0 Å². The first-order valence-corrected chi connectivity index (χ1v) is 7.56. The van der Waals surface area contributed by atoms with Crippen LogP contribution in [0.15, 0.2) is 18.2 Å². The third-order valence-corrected chi connectivity index (χ3v) is 4.14. The Morgan fingerprint density at radius 1 is 1.35 bits per heavy atom. The monoisotopic (exact) mass is 280 g/mol. The largest absolute Gasteiger partial charge is 0.508 e. The zero-order valence-corrected chi connectivity index (χ0v) is 12.4. The molecule has 0 aromatic heterocycles. The number of halogens is 1. The summed E-state index contributed by atoms with van der Waals surface area (Å²) in [6, 6.07) is 4.37. The highest BCUT2D eigenvalue weighted by atomic mass is 19.1. The molecule has 1 heterocycles. The molecule has 1 aliphatic rings. The Labute approximate surface area is 120 Å². The molecule has 1 saturated heterocycles. The number of hydrogen-bond acceptors (Lipinski definition) is 3. The zero-order chi connectivity index (χ0) is 14.5. The molecule has 0 aliphatic carbocycles. The van der Waals surface area contributed by atoms with Crippen LogP contribution in [0, 0.1) is 11.7 Å². The van der Waals surface area contributed by atoms with Crippen LogP contribution in [-0.2, 0) is 0 Å². The lowest BCUT2D eigenvalue weighted by Gasteiger charge is -2.39. The molecule has 0 spiro atoms. The van der Waals surface area contributed by atoms with E-state index in [1.54, 1.807) is 0 Å². The normalized spacial score (nSPS) is 19.8. The zero-order valence-electron chi connectivity index (χ0n) is 12.4. The average molecular weight is 280 g/mol. The van der Waals surface area contributed by atoms with Crippen molar-refractivity contribution in [2.45, 2.75) is 32.7 Å². The van der Waals surface area contributed by atoms with Gasteiger partial charge in [-0.25, -0.2) is 4.39 Å². The van der Waals surface area contributed by atoms with E-state index in [9.17, 15) is 9.50 Å². The molecule has 1 aromatic rings. The van der Waals surface area contributed by atoms with E-state index in [1.807, 2.05) is 0 Å². The highest BCUT2D eigenvalue weighted by Gasteiger charge is 2.29. The predicted molar refractivity (Wildman–Crippen MR) is 79.3 cm³/mol. The summed E-state index contributed by atoms with van der Waals surface area (Å²) in [5.74, 6) is 0.324. The fourth-order valence-electron chi connectivity index (χ4n) is 3.20. The summed E-state index contributed by atoms with van der Waals surface area (Å²) >= 11 is 0. The number of nitrogens with one attached hydrogen (secondary N) is 1. The highest BCUT2D eigenvalue weighted by Crippen LogP contribution is 2.36. The van der Waals surface area contributed by atoms with Gasteiger partial charge in [0.1, 0.15) is 11.6 Å². The Bertz CT molecular complexity index is 432. The Morgan fingerprint density at radius 3 is 2.70 bits per heavy atom. The molecule has 0 radical (unpaired) electrons. The number of nitrogens with zero attached hydrogens (tertiary/aromatic N) is 1. The Morgan fingerprint density at radius 2 is 2.05 bits per heavy atom. The van der Waals surface area contributed by atoms with Gasteiger partial charge in [0.2, 0.25) is 0 Å². The topological polar surface area (TPSA) is 35.5 Å². The van der Waals surface area contributed by atoms with E-state index in [0.717, 1.165) is 44.6 Å². The van der Waals surface area contributed by atoms with Crippen molar-refractivity contribution in [3.63, 3.8) is 0 Å². The molecule has 0 bridgehead atoms. The van der Waals surface area contributed by atoms with E-state index in [0.29, 0.717) is 5.92 Å². The van der Waals surface area contributed by atoms with Crippen LogP contribution in [0.1, 0.15) is 38.3 Å². The van der Waals surface area contributed by atoms with Gasteiger partial charge in [-0.1, -0.05) is 20.3 Å². The number of benzene rings is 1. The van der Waals surface area contributed by atoms with Crippen LogP contribution < -0.4 is 5.32 Å². The summed E-state index contributed by atoms with van der Waals surface area (Å²) in [5.41, 5.74) is 0.729. The summed E-state index contributed by atoms with van der Waals surface area (Å²) in [6.07, 6.45) is 2.17. The van der Waals surface area contributed by atoms with Gasteiger partial charge in [-0.3, -0.25) is 4.90 Å². The van der Waals surface area contributed by atoms with Crippen molar-refractivity contribution >= 4 is 0 Å². The fraction of sp³-hybridized carbons (Fsp3) is 0.625. The van der Waals surface area contributed by atoms with Crippen LogP contribution >= 0.6 is 0 Å². The van der Waals surface area contributed by atoms with E-state index in [-0.39, 0.29) is 17.6 Å². The molecule has 1 aromatic carbocycles. The Kier molecular flexibility index (Phi) is 5.38. The van der Waals surface area contributed by atoms with Gasteiger partial charge in [-0.05, 0) is 30.5 Å². The molecular weight excluding hydrogens is 255 g/mol. The van der Waals surface area contributed by atoms with Gasteiger partial charge in [0, 0.05) is 37.8 Å². The summed E-state index contributed by atoms with van der Waals surface area (Å²) in [6.45, 7) is 8.14. The summed E-state index contributed by atoms with van der Waals surface area (Å²) in [4.78, 5) is 2.37. The van der Waals surface area contributed by atoms with Crippen molar-refractivity contribution in [2.75, 3.05) is 26.2 Å². The van der Waals surface area contributed by atoms with Crippen LogP contribution in [0.5, 0.6) is 5.75 Å². The minimum absolute atomic E-state index is 0.0905. The Balaban J connectivity index is 2.31. The van der Waals surface area contributed by atoms with Gasteiger partial charge in [0.05, 0.1) is 0 Å². The van der Waals surface area contributed by atoms with E-state index >= 15 is 0 Å². The average Bonchev–Trinajstić information content (AvgIpc) is 2.44. The maximum absolute atomic E-state index is 13.6. The molecule has 112 valence electrons. The summed E-state index contributed by atoms with van der Waals surface area (Å²) in [7, 11) is 0. The number of aromatic hydroxyl groups is 1. The maximum atomic E-state index is 13.6. The first-order valence-electron chi connectivity index (χ1n) is 7.56. The third-order valence-electron chi connectivity index (χ3n) is 4.14. The number of hydrogen-bond donors (Lipinski definition) is 2. The number of phenolic OH excluding ortho intramolecular Hbond substituents is 1. The molecule has 20 heavy (non-hydrogen) atoms. The Hall–Kier alpha value is -1.13. The molecule has 0 saturated carbocycles. The standard InChI is InChI=1S/C16H25FN2O/c1-3-4-12(2)16(19-9-7-18-8-10-19)14-11-13(17)5-6-15(14)20/h5-6,11-12,16,18,20H,3-4,7-10H2,1-2H3/t12?,16-/m1/s1. The lowest BCUT2D eigenvalue weighted by molar-refractivity contribution is 0.123. The summed E-state index contributed by atoms with van der Waals surface area (Å²) < 4.78 is 13.6. The first-order chi connectivity index (χ1) is 9.63. The molecule has 1 unspecified atom stereocenters. The van der Waals surface area contributed by atoms with Crippen molar-refractivity contribution < 1.29 is 9.50 Å². The molecule has 0 amide bonds. The molecule has 1 aliphatic heterocycles. The van der Waals surface area contributed by atoms with Gasteiger partial charge < -0.3 is 10.4 Å². The minimum atomic E-state index is -0.276. The lowest BCUT2D eigenvalue weighted by atomic mass is 9.88. The van der Waals surface area contributed by atoms with Gasteiger partial charge in [-0.15, -0.1) is 0 Å². The van der Waals surface area contributed by atoms with Gasteiger partial charge in [0.25, 0.3) is 0 Å². The number of rotatable bonds is 5. The predicted octanol–water partition coefficient (Wildman–Crippen LogP) is 2.91. The van der Waals surface area contributed by atoms with Gasteiger partial charge in [0.15, 0.2) is 0 Å². The van der Waals surface area contributed by atoms with Crippen molar-refractivity contribution in [1.29, 1.82) is 0 Å². The van der Waals surface area contributed by atoms with Gasteiger partial charge in [-0.2, -0.15) is 0 Å². The van der Waals surface area contributed by atoms with E-state index in [1.165, 1.54) is 18.2 Å². The highest BCUT2D eigenvalue weighted by molar-refractivity contribution is 5.35. The molecule has 1 fully saturated rings.